The molecule has 0 unspecified atom stereocenters. The Balaban J connectivity index is 2.04. The number of hydrogen-bond donors (Lipinski definition) is 1. The van der Waals surface area contributed by atoms with Crippen LogP contribution < -0.4 is 20.0 Å². The van der Waals surface area contributed by atoms with Crippen molar-refractivity contribution in [3.05, 3.63) is 69.1 Å². The molecule has 11 heteroatoms. The summed E-state index contributed by atoms with van der Waals surface area (Å²) >= 11 is 0. The number of fused-ring (bicyclic) bond motifs is 1. The minimum Gasteiger partial charge on any atom is -0.422 e. The molecule has 0 spiro atoms. The number of carbonyl (C=O) groups excluding carboxylic acids is 2. The van der Waals surface area contributed by atoms with E-state index in [9.17, 15) is 22.8 Å². The number of hydrogen-bond acceptors (Lipinski definition) is 7. The van der Waals surface area contributed by atoms with Crippen molar-refractivity contribution in [3.8, 4) is 5.75 Å². The van der Waals surface area contributed by atoms with Gasteiger partial charge in [0, 0.05) is 44.6 Å². The van der Waals surface area contributed by atoms with Crippen LogP contribution in [0.2, 0.25) is 0 Å². The van der Waals surface area contributed by atoms with Crippen LogP contribution in [0, 0.1) is 13.8 Å². The van der Waals surface area contributed by atoms with Crippen LogP contribution in [-0.4, -0.2) is 52.8 Å². The SMILES string of the molecule is CNC(=O)N(c1cccc(Cc2c(C)c3cc(C)c(OC(=O)N(C)C)cc3oc2=O)c1)S(C)(=O)=O. The van der Waals surface area contributed by atoms with E-state index in [0.29, 0.717) is 31.9 Å². The average molecular weight is 502 g/mol. The molecule has 0 saturated carbocycles. The predicted octanol–water partition coefficient (Wildman–Crippen LogP) is 3.17. The van der Waals surface area contributed by atoms with Crippen LogP contribution in [0.15, 0.2) is 45.6 Å². The number of benzene rings is 2. The fourth-order valence-electron chi connectivity index (χ4n) is 3.58. The monoisotopic (exact) mass is 501 g/mol. The third-order valence-corrected chi connectivity index (χ3v) is 6.44. The number of rotatable bonds is 5. The first-order valence-electron chi connectivity index (χ1n) is 10.6. The molecule has 2 aromatic carbocycles. The number of nitrogens with one attached hydrogen (secondary N) is 1. The van der Waals surface area contributed by atoms with E-state index in [4.69, 9.17) is 9.15 Å². The lowest BCUT2D eigenvalue weighted by molar-refractivity contribution is 0.171. The zero-order chi connectivity index (χ0) is 26.1. The van der Waals surface area contributed by atoms with Crippen molar-refractivity contribution in [2.45, 2.75) is 20.3 Å². The van der Waals surface area contributed by atoms with Gasteiger partial charge in [0.2, 0.25) is 10.0 Å². The van der Waals surface area contributed by atoms with Crippen LogP contribution in [0.25, 0.3) is 11.0 Å². The molecule has 1 N–H and O–H groups in total. The molecule has 1 heterocycles. The van der Waals surface area contributed by atoms with Crippen LogP contribution in [0.4, 0.5) is 15.3 Å². The van der Waals surface area contributed by atoms with Crippen molar-refractivity contribution < 1.29 is 27.2 Å². The molecule has 0 saturated heterocycles. The highest BCUT2D eigenvalue weighted by Crippen LogP contribution is 2.29. The molecule has 0 aliphatic carbocycles. The maximum absolute atomic E-state index is 12.9. The Hall–Kier alpha value is -3.86. The molecule has 186 valence electrons. The van der Waals surface area contributed by atoms with Gasteiger partial charge in [0.1, 0.15) is 11.3 Å². The topological polar surface area (TPSA) is 126 Å². The van der Waals surface area contributed by atoms with Crippen molar-refractivity contribution in [1.82, 2.24) is 10.2 Å². The Bertz CT molecular complexity index is 1480. The van der Waals surface area contributed by atoms with Crippen molar-refractivity contribution in [2.75, 3.05) is 31.7 Å². The summed E-state index contributed by atoms with van der Waals surface area (Å²) in [5.74, 6) is 0.286. The quantitative estimate of drug-likeness (QED) is 0.532. The number of carbonyl (C=O) groups is 2. The van der Waals surface area contributed by atoms with Gasteiger partial charge in [-0.3, -0.25) is 0 Å². The van der Waals surface area contributed by atoms with Gasteiger partial charge in [-0.05, 0) is 48.7 Å². The highest BCUT2D eigenvalue weighted by Gasteiger charge is 2.25. The molecular weight excluding hydrogens is 474 g/mol. The molecule has 0 atom stereocenters. The van der Waals surface area contributed by atoms with E-state index >= 15 is 0 Å². The Kier molecular flexibility index (Phi) is 7.20. The first kappa shape index (κ1) is 25.8. The van der Waals surface area contributed by atoms with Crippen LogP contribution in [0.1, 0.15) is 22.3 Å². The normalized spacial score (nSPS) is 11.3. The average Bonchev–Trinajstić information content (AvgIpc) is 2.77. The van der Waals surface area contributed by atoms with Gasteiger partial charge in [0.05, 0.1) is 11.9 Å². The van der Waals surface area contributed by atoms with Crippen molar-refractivity contribution >= 4 is 38.8 Å². The van der Waals surface area contributed by atoms with E-state index in [1.165, 1.54) is 30.1 Å². The van der Waals surface area contributed by atoms with Crippen LogP contribution >= 0.6 is 0 Å². The van der Waals surface area contributed by atoms with E-state index in [1.54, 1.807) is 46.1 Å². The molecule has 35 heavy (non-hydrogen) atoms. The van der Waals surface area contributed by atoms with Gasteiger partial charge in [0.25, 0.3) is 0 Å². The third-order valence-electron chi connectivity index (χ3n) is 5.40. The Labute approximate surface area is 203 Å². The highest BCUT2D eigenvalue weighted by molar-refractivity contribution is 7.92. The van der Waals surface area contributed by atoms with E-state index < -0.39 is 27.8 Å². The maximum Gasteiger partial charge on any atom is 0.414 e. The Morgan fingerprint density at radius 3 is 2.40 bits per heavy atom. The molecule has 0 radical (unpaired) electrons. The zero-order valence-corrected chi connectivity index (χ0v) is 21.1. The van der Waals surface area contributed by atoms with Gasteiger partial charge in [-0.2, -0.15) is 4.31 Å². The Morgan fingerprint density at radius 1 is 1.11 bits per heavy atom. The molecule has 0 aliphatic heterocycles. The number of anilines is 1. The second-order valence-corrected chi connectivity index (χ2v) is 10.1. The summed E-state index contributed by atoms with van der Waals surface area (Å²) in [6.07, 6.45) is 0.534. The number of nitrogens with zero attached hydrogens (tertiary/aromatic N) is 2. The van der Waals surface area contributed by atoms with Gasteiger partial charge < -0.3 is 19.4 Å². The first-order valence-corrected chi connectivity index (χ1v) is 12.4. The zero-order valence-electron chi connectivity index (χ0n) is 20.3. The summed E-state index contributed by atoms with van der Waals surface area (Å²) in [6, 6.07) is 8.86. The summed E-state index contributed by atoms with van der Waals surface area (Å²) in [6.45, 7) is 3.57. The van der Waals surface area contributed by atoms with Crippen molar-refractivity contribution in [1.29, 1.82) is 0 Å². The van der Waals surface area contributed by atoms with Crippen molar-refractivity contribution in [2.24, 2.45) is 0 Å². The number of aryl methyl sites for hydroxylation is 2. The fourth-order valence-corrected chi connectivity index (χ4v) is 4.47. The molecule has 0 bridgehead atoms. The molecule has 3 amide bonds. The summed E-state index contributed by atoms with van der Waals surface area (Å²) in [5, 5.41) is 3.00. The fraction of sp³-hybridized carbons (Fsp3) is 0.292. The van der Waals surface area contributed by atoms with Crippen molar-refractivity contribution in [3.63, 3.8) is 0 Å². The number of sulfonamides is 1. The molecule has 3 aromatic rings. The van der Waals surface area contributed by atoms with Gasteiger partial charge in [-0.25, -0.2) is 22.8 Å². The molecule has 3 rings (SSSR count). The second kappa shape index (κ2) is 9.79. The second-order valence-electron chi connectivity index (χ2n) is 8.30. The van der Waals surface area contributed by atoms with Crippen LogP contribution in [-0.2, 0) is 16.4 Å². The largest absolute Gasteiger partial charge is 0.422 e. The summed E-state index contributed by atoms with van der Waals surface area (Å²) in [7, 11) is 0.578. The lowest BCUT2D eigenvalue weighted by Gasteiger charge is -2.20. The minimum atomic E-state index is -3.88. The van der Waals surface area contributed by atoms with E-state index in [1.807, 2.05) is 0 Å². The van der Waals surface area contributed by atoms with Gasteiger partial charge in [-0.1, -0.05) is 12.1 Å². The molecule has 1 aromatic heterocycles. The molecule has 0 fully saturated rings. The predicted molar refractivity (Wildman–Crippen MR) is 133 cm³/mol. The summed E-state index contributed by atoms with van der Waals surface area (Å²) in [4.78, 5) is 38.3. The van der Waals surface area contributed by atoms with Crippen LogP contribution in [0.5, 0.6) is 5.75 Å². The third kappa shape index (κ3) is 5.46. The highest BCUT2D eigenvalue weighted by atomic mass is 32.2. The smallest absolute Gasteiger partial charge is 0.414 e. The minimum absolute atomic E-state index is 0.148. The standard InChI is InChI=1S/C24H27N3O7S/c1-14-10-18-15(2)19(22(28)33-21(18)13-20(14)34-24(30)26(4)5)12-16-8-7-9-17(11-16)27(23(29)25-3)35(6,31)32/h7-11,13H,12H2,1-6H3,(H,25,29). The van der Waals surface area contributed by atoms with Gasteiger partial charge >= 0.3 is 17.7 Å². The lowest BCUT2D eigenvalue weighted by Crippen LogP contribution is -2.42. The van der Waals surface area contributed by atoms with E-state index in [2.05, 4.69) is 5.32 Å². The lowest BCUT2D eigenvalue weighted by atomic mass is 9.98. The molecule has 0 aliphatic rings. The molecular formula is C24H27N3O7S. The number of ether oxygens (including phenoxy) is 1. The maximum atomic E-state index is 12.9. The van der Waals surface area contributed by atoms with Gasteiger partial charge in [-0.15, -0.1) is 0 Å². The van der Waals surface area contributed by atoms with Crippen LogP contribution in [0.3, 0.4) is 0 Å². The Morgan fingerprint density at radius 2 is 1.80 bits per heavy atom. The van der Waals surface area contributed by atoms with E-state index in [0.717, 1.165) is 6.26 Å². The number of amides is 3. The molecule has 10 nitrogen and oxygen atoms in total. The first-order chi connectivity index (χ1) is 16.3. The number of urea groups is 1. The van der Waals surface area contributed by atoms with E-state index in [-0.39, 0.29) is 23.4 Å². The van der Waals surface area contributed by atoms with Gasteiger partial charge in [0.15, 0.2) is 0 Å². The summed E-state index contributed by atoms with van der Waals surface area (Å²) in [5.41, 5.74) is 2.23. The summed E-state index contributed by atoms with van der Waals surface area (Å²) < 4.78 is 35.9.